The van der Waals surface area contributed by atoms with Gasteiger partial charge >= 0.3 is 17.4 Å². The summed E-state index contributed by atoms with van der Waals surface area (Å²) in [6.45, 7) is 4.83. The van der Waals surface area contributed by atoms with Gasteiger partial charge in [-0.1, -0.05) is 81.2 Å². The average Bonchev–Trinajstić information content (AvgIpc) is 3.09. The van der Waals surface area contributed by atoms with Gasteiger partial charge in [0.1, 0.15) is 0 Å². The second-order valence-corrected chi connectivity index (χ2v) is 12.6. The van der Waals surface area contributed by atoms with E-state index in [2.05, 4.69) is 85.9 Å². The van der Waals surface area contributed by atoms with Crippen LogP contribution in [-0.2, 0) is 17.4 Å². The van der Waals surface area contributed by atoms with Crippen LogP contribution in [0.1, 0.15) is 6.42 Å². The molecule has 0 spiro atoms. The Kier molecular flexibility index (Phi) is 37.0. The Balaban J connectivity index is -0.0000000899. The Labute approximate surface area is 202 Å². The fourth-order valence-electron chi connectivity index (χ4n) is 2.16. The molecule has 0 aromatic heterocycles. The molecule has 0 N–H and O–H groups in total. The SMILES string of the molecule is C[Si](C)P(c1ccccc1)c1ccccc1.Cl.Cl.[C-]1=CC=CC1.[CH3-].[CH3-].[CH3-].[CH3-].[Cr+5]. The summed E-state index contributed by atoms with van der Waals surface area (Å²) >= 11 is 0. The first-order valence-corrected chi connectivity index (χ1v) is 11.9. The number of rotatable bonds is 3. The van der Waals surface area contributed by atoms with Crippen molar-refractivity contribution >= 4 is 51.4 Å². The van der Waals surface area contributed by atoms with Crippen molar-refractivity contribution in [1.29, 1.82) is 0 Å². The summed E-state index contributed by atoms with van der Waals surface area (Å²) in [7, 11) is -0.421. The monoisotopic (exact) mass is 492 g/mol. The Morgan fingerprint density at radius 1 is 0.750 bits per heavy atom. The summed E-state index contributed by atoms with van der Waals surface area (Å²) in [5.74, 6) is 0. The molecule has 0 fully saturated rings. The molecule has 0 aliphatic heterocycles. The summed E-state index contributed by atoms with van der Waals surface area (Å²) < 4.78 is 0. The van der Waals surface area contributed by atoms with Crippen molar-refractivity contribution in [3.8, 4) is 0 Å². The maximum absolute atomic E-state index is 2.99. The summed E-state index contributed by atoms with van der Waals surface area (Å²) in [4.78, 5) is 0. The minimum atomic E-state index is -0.313. The van der Waals surface area contributed by atoms with Crippen molar-refractivity contribution in [1.82, 2.24) is 0 Å². The van der Waals surface area contributed by atoms with Gasteiger partial charge in [-0.2, -0.15) is 6.08 Å². The fourth-order valence-corrected chi connectivity index (χ4v) is 8.42. The van der Waals surface area contributed by atoms with E-state index in [-0.39, 0.29) is 87.8 Å². The maximum Gasteiger partial charge on any atom is 5.00 e. The second kappa shape index (κ2) is 24.7. The molecule has 0 atom stereocenters. The van der Waals surface area contributed by atoms with E-state index < -0.39 is 0 Å². The van der Waals surface area contributed by atoms with Gasteiger partial charge < -0.3 is 29.7 Å². The quantitative estimate of drug-likeness (QED) is 0.239. The van der Waals surface area contributed by atoms with Crippen LogP contribution in [0.4, 0.5) is 0 Å². The number of benzene rings is 2. The molecule has 156 valence electrons. The van der Waals surface area contributed by atoms with Crippen molar-refractivity contribution in [3.63, 3.8) is 0 Å². The van der Waals surface area contributed by atoms with Gasteiger partial charge in [0.15, 0.2) is 0 Å². The van der Waals surface area contributed by atoms with Crippen LogP contribution >= 0.6 is 32.3 Å². The van der Waals surface area contributed by atoms with Crippen molar-refractivity contribution in [2.24, 2.45) is 0 Å². The second-order valence-electron chi connectivity index (χ2n) is 4.96. The van der Waals surface area contributed by atoms with Crippen molar-refractivity contribution in [3.05, 3.63) is 115 Å². The minimum absolute atomic E-state index is 0. The zero-order valence-electron chi connectivity index (χ0n) is 17.9. The molecule has 1 aliphatic rings. The zero-order chi connectivity index (χ0) is 14.9. The largest absolute Gasteiger partial charge is 5.00 e. The van der Waals surface area contributed by atoms with E-state index in [1.54, 1.807) is 0 Å². The van der Waals surface area contributed by atoms with E-state index in [0.29, 0.717) is 0 Å². The smallest absolute Gasteiger partial charge is 0.358 e. The molecule has 3 rings (SSSR count). The van der Waals surface area contributed by atoms with Gasteiger partial charge in [0, 0.05) is 0 Å². The Morgan fingerprint density at radius 3 is 1.36 bits per heavy atom. The van der Waals surface area contributed by atoms with Crippen LogP contribution in [-0.4, -0.2) is 8.46 Å². The fraction of sp³-hybridized carbons (Fsp3) is 0.130. The van der Waals surface area contributed by atoms with Gasteiger partial charge in [0.2, 0.25) is 0 Å². The number of halogens is 2. The van der Waals surface area contributed by atoms with E-state index >= 15 is 0 Å². The molecule has 0 nitrogen and oxygen atoms in total. The topological polar surface area (TPSA) is 0 Å². The van der Waals surface area contributed by atoms with Crippen LogP contribution in [0, 0.1) is 35.8 Å². The van der Waals surface area contributed by atoms with E-state index in [1.807, 2.05) is 12.2 Å². The summed E-state index contributed by atoms with van der Waals surface area (Å²) in [6, 6.07) is 21.9. The molecular formula is C23H35Cl2CrPSi. The van der Waals surface area contributed by atoms with E-state index in [4.69, 9.17) is 0 Å². The van der Waals surface area contributed by atoms with Crippen molar-refractivity contribution in [2.45, 2.75) is 19.5 Å². The molecule has 2 aromatic carbocycles. The first-order valence-electron chi connectivity index (χ1n) is 7.21. The Hall–Kier alpha value is -0.321. The van der Waals surface area contributed by atoms with Crippen LogP contribution in [0.5, 0.6) is 0 Å². The summed E-state index contributed by atoms with van der Waals surface area (Å²) in [6.07, 6.45) is 10.0. The van der Waals surface area contributed by atoms with Crippen LogP contribution in [0.2, 0.25) is 13.1 Å². The third-order valence-electron chi connectivity index (χ3n) is 3.06. The van der Waals surface area contributed by atoms with Crippen molar-refractivity contribution in [2.75, 3.05) is 0 Å². The molecule has 2 aromatic rings. The van der Waals surface area contributed by atoms with Gasteiger partial charge in [-0.25, -0.2) is 12.2 Å². The average molecular weight is 493 g/mol. The van der Waals surface area contributed by atoms with Crippen molar-refractivity contribution < 1.29 is 17.4 Å². The van der Waals surface area contributed by atoms with Gasteiger partial charge in [-0.05, 0) is 10.6 Å². The van der Waals surface area contributed by atoms with Gasteiger partial charge in [0.25, 0.3) is 0 Å². The van der Waals surface area contributed by atoms with E-state index in [0.717, 1.165) is 6.42 Å². The van der Waals surface area contributed by atoms with E-state index in [9.17, 15) is 0 Å². The molecule has 0 saturated carbocycles. The molecule has 2 radical (unpaired) electrons. The molecular weight excluding hydrogens is 458 g/mol. The normalized spacial score (nSPS) is 9.43. The number of hydrogen-bond donors (Lipinski definition) is 0. The molecule has 0 heterocycles. The zero-order valence-corrected chi connectivity index (χ0v) is 22.7. The number of allylic oxidation sites excluding steroid dienone is 4. The third-order valence-corrected chi connectivity index (χ3v) is 9.82. The molecule has 5 heteroatoms. The predicted octanol–water partition coefficient (Wildman–Crippen LogP) is 7.32. The Bertz CT molecular complexity index is 541. The van der Waals surface area contributed by atoms with Gasteiger partial charge in [-0.15, -0.1) is 31.2 Å². The first kappa shape index (κ1) is 41.9. The van der Waals surface area contributed by atoms with Gasteiger partial charge in [-0.3, -0.25) is 6.08 Å². The molecule has 28 heavy (non-hydrogen) atoms. The van der Waals surface area contributed by atoms with E-state index in [1.165, 1.54) is 10.6 Å². The minimum Gasteiger partial charge on any atom is -0.358 e. The maximum atomic E-state index is 2.99. The third kappa shape index (κ3) is 14.6. The number of hydrogen-bond acceptors (Lipinski definition) is 0. The summed E-state index contributed by atoms with van der Waals surface area (Å²) in [5, 5.41) is 3.03. The predicted molar refractivity (Wildman–Crippen MR) is 138 cm³/mol. The van der Waals surface area contributed by atoms with Crippen LogP contribution < -0.4 is 10.6 Å². The standard InChI is InChI=1S/C14H16PSi.C5H5.4CH3.2ClH.Cr/c1-16(2)15(13-9-5-3-6-10-13)14-11-7-4-8-12-14;1-2-4-5-3-1;;;;;;;/h3-12H,1-2H3;1-3H,4H2;4*1H3;2*1H;/q;5*-1;;;+5. The van der Waals surface area contributed by atoms with Crippen LogP contribution in [0.15, 0.2) is 78.9 Å². The molecule has 0 unspecified atom stereocenters. The molecule has 0 amide bonds. The molecule has 0 bridgehead atoms. The molecule has 1 aliphatic carbocycles. The summed E-state index contributed by atoms with van der Waals surface area (Å²) in [5.41, 5.74) is 0. The van der Waals surface area contributed by atoms with Crippen LogP contribution in [0.25, 0.3) is 0 Å². The Morgan fingerprint density at radius 2 is 1.14 bits per heavy atom. The first-order chi connectivity index (χ1) is 10.3. The van der Waals surface area contributed by atoms with Gasteiger partial charge in [0.05, 0.1) is 8.46 Å². The molecule has 0 saturated heterocycles. The van der Waals surface area contributed by atoms with Crippen LogP contribution in [0.3, 0.4) is 0 Å².